The van der Waals surface area contributed by atoms with E-state index in [1.54, 1.807) is 0 Å². The molecule has 0 amide bonds. The molecule has 106 valence electrons. The Balaban J connectivity index is 1.98. The number of hydrogen-bond donors (Lipinski definition) is 1. The largest absolute Gasteiger partial charge is 0.381 e. The average Bonchev–Trinajstić information content (AvgIpc) is 2.59. The Bertz CT molecular complexity index is 414. The zero-order valence-corrected chi connectivity index (χ0v) is 14.0. The summed E-state index contributed by atoms with van der Waals surface area (Å²) in [4.78, 5) is 0. The summed E-state index contributed by atoms with van der Waals surface area (Å²) in [5.74, 6) is 1.76. The zero-order valence-electron chi connectivity index (χ0n) is 12.4. The van der Waals surface area contributed by atoms with Crippen molar-refractivity contribution in [2.75, 3.05) is 5.32 Å². The number of benzene rings is 1. The van der Waals surface area contributed by atoms with Crippen molar-refractivity contribution in [2.24, 2.45) is 11.8 Å². The number of aryl methyl sites for hydroxylation is 1. The van der Waals surface area contributed by atoms with E-state index in [2.05, 4.69) is 60.2 Å². The number of rotatable bonds is 3. The molecule has 2 rings (SSSR count). The molecule has 19 heavy (non-hydrogen) atoms. The van der Waals surface area contributed by atoms with Gasteiger partial charge in [0.15, 0.2) is 0 Å². The summed E-state index contributed by atoms with van der Waals surface area (Å²) in [6, 6.07) is 7.18. The lowest BCUT2D eigenvalue weighted by molar-refractivity contribution is 0.341. The molecule has 0 aromatic heterocycles. The molecule has 0 bridgehead atoms. The van der Waals surface area contributed by atoms with Gasteiger partial charge >= 0.3 is 0 Å². The molecule has 1 saturated carbocycles. The van der Waals surface area contributed by atoms with E-state index in [1.807, 2.05) is 0 Å². The first kappa shape index (κ1) is 14.9. The molecule has 1 nitrogen and oxygen atoms in total. The van der Waals surface area contributed by atoms with Crippen LogP contribution in [0.4, 0.5) is 5.69 Å². The highest BCUT2D eigenvalue weighted by Gasteiger charge is 2.21. The van der Waals surface area contributed by atoms with Gasteiger partial charge in [-0.2, -0.15) is 0 Å². The molecule has 2 atom stereocenters. The first-order valence-electron chi connectivity index (χ1n) is 7.59. The fraction of sp³-hybridized carbons (Fsp3) is 0.647. The van der Waals surface area contributed by atoms with Crippen molar-refractivity contribution in [3.63, 3.8) is 0 Å². The summed E-state index contributed by atoms with van der Waals surface area (Å²) in [5.41, 5.74) is 2.58. The van der Waals surface area contributed by atoms with Gasteiger partial charge in [0.25, 0.3) is 0 Å². The molecule has 0 heterocycles. The van der Waals surface area contributed by atoms with E-state index in [1.165, 1.54) is 47.8 Å². The normalized spacial score (nSPS) is 24.3. The average molecular weight is 324 g/mol. The second-order valence-corrected chi connectivity index (χ2v) is 7.19. The van der Waals surface area contributed by atoms with E-state index in [0.717, 1.165) is 11.8 Å². The number of anilines is 1. The Kier molecular flexibility index (Phi) is 5.32. The Morgan fingerprint density at radius 1 is 1.16 bits per heavy atom. The maximum Gasteiger partial charge on any atom is 0.0489 e. The molecule has 1 aliphatic carbocycles. The number of nitrogens with one attached hydrogen (secondary N) is 1. The van der Waals surface area contributed by atoms with Gasteiger partial charge in [-0.3, -0.25) is 0 Å². The van der Waals surface area contributed by atoms with Crippen LogP contribution in [0.25, 0.3) is 0 Å². The van der Waals surface area contributed by atoms with Crippen molar-refractivity contribution < 1.29 is 0 Å². The van der Waals surface area contributed by atoms with Gasteiger partial charge in [0, 0.05) is 16.2 Å². The maximum absolute atomic E-state index is 3.74. The molecule has 2 unspecified atom stereocenters. The molecule has 0 aliphatic heterocycles. The summed E-state index contributed by atoms with van der Waals surface area (Å²) in [5, 5.41) is 3.74. The predicted molar refractivity (Wildman–Crippen MR) is 87.7 cm³/mol. The summed E-state index contributed by atoms with van der Waals surface area (Å²) >= 11 is 3.65. The minimum atomic E-state index is 0.641. The molecule has 1 fully saturated rings. The molecule has 0 spiro atoms. The van der Waals surface area contributed by atoms with Crippen LogP contribution >= 0.6 is 15.9 Å². The fourth-order valence-corrected chi connectivity index (χ4v) is 3.47. The van der Waals surface area contributed by atoms with Crippen molar-refractivity contribution in [1.29, 1.82) is 0 Å². The fourth-order valence-electron chi connectivity index (χ4n) is 3.11. The van der Waals surface area contributed by atoms with Crippen LogP contribution in [0.2, 0.25) is 0 Å². The van der Waals surface area contributed by atoms with Crippen molar-refractivity contribution in [2.45, 2.75) is 58.9 Å². The first-order valence-corrected chi connectivity index (χ1v) is 8.38. The first-order chi connectivity index (χ1) is 9.06. The summed E-state index contributed by atoms with van der Waals surface area (Å²) < 4.78 is 1.18. The Hall–Kier alpha value is -0.500. The van der Waals surface area contributed by atoms with Gasteiger partial charge in [-0.05, 0) is 71.6 Å². The molecule has 1 aliphatic rings. The van der Waals surface area contributed by atoms with Crippen LogP contribution in [0.5, 0.6) is 0 Å². The number of hydrogen-bond acceptors (Lipinski definition) is 1. The van der Waals surface area contributed by atoms with E-state index >= 15 is 0 Å². The highest BCUT2D eigenvalue weighted by Crippen LogP contribution is 2.31. The second kappa shape index (κ2) is 6.78. The lowest BCUT2D eigenvalue weighted by atomic mass is 9.89. The van der Waals surface area contributed by atoms with Gasteiger partial charge in [-0.1, -0.05) is 32.8 Å². The lowest BCUT2D eigenvalue weighted by Crippen LogP contribution is -2.19. The summed E-state index contributed by atoms with van der Waals surface area (Å²) in [7, 11) is 0. The molecule has 1 aromatic carbocycles. The summed E-state index contributed by atoms with van der Waals surface area (Å²) in [6.45, 7) is 6.89. The molecular formula is C17H26BrN. The molecule has 1 aromatic rings. The van der Waals surface area contributed by atoms with Gasteiger partial charge in [0.2, 0.25) is 0 Å². The van der Waals surface area contributed by atoms with Crippen molar-refractivity contribution >= 4 is 21.6 Å². The van der Waals surface area contributed by atoms with Crippen molar-refractivity contribution in [3.8, 4) is 0 Å². The molecule has 1 N–H and O–H groups in total. The standard InChI is InChI=1S/C17H26BrN/c1-12(2)14-5-4-6-15(9-8-14)19-17-11-13(3)7-10-16(17)18/h7,10-12,14-15,19H,4-6,8-9H2,1-3H3. The van der Waals surface area contributed by atoms with Crippen molar-refractivity contribution in [1.82, 2.24) is 0 Å². The highest BCUT2D eigenvalue weighted by atomic mass is 79.9. The lowest BCUT2D eigenvalue weighted by Gasteiger charge is -2.20. The Morgan fingerprint density at radius 2 is 1.95 bits per heavy atom. The van der Waals surface area contributed by atoms with Crippen LogP contribution in [-0.2, 0) is 0 Å². The molecule has 0 saturated heterocycles. The third kappa shape index (κ3) is 4.24. The SMILES string of the molecule is Cc1ccc(Br)c(NC2CCCC(C(C)C)CC2)c1. The quantitative estimate of drug-likeness (QED) is 0.696. The zero-order chi connectivity index (χ0) is 13.8. The van der Waals surface area contributed by atoms with Gasteiger partial charge in [-0.15, -0.1) is 0 Å². The Labute approximate surface area is 126 Å². The van der Waals surface area contributed by atoms with Crippen LogP contribution in [-0.4, -0.2) is 6.04 Å². The second-order valence-electron chi connectivity index (χ2n) is 6.34. The molecule has 0 radical (unpaired) electrons. The minimum Gasteiger partial charge on any atom is -0.381 e. The van der Waals surface area contributed by atoms with Crippen LogP contribution in [0, 0.1) is 18.8 Å². The predicted octanol–water partition coefficient (Wildman–Crippen LogP) is 5.77. The smallest absolute Gasteiger partial charge is 0.0489 e. The van der Waals surface area contributed by atoms with Gasteiger partial charge in [0.05, 0.1) is 0 Å². The minimum absolute atomic E-state index is 0.641. The van der Waals surface area contributed by atoms with Gasteiger partial charge in [0.1, 0.15) is 0 Å². The monoisotopic (exact) mass is 323 g/mol. The van der Waals surface area contributed by atoms with E-state index in [9.17, 15) is 0 Å². The third-order valence-electron chi connectivity index (χ3n) is 4.44. The molecular weight excluding hydrogens is 298 g/mol. The van der Waals surface area contributed by atoms with E-state index in [4.69, 9.17) is 0 Å². The van der Waals surface area contributed by atoms with Crippen LogP contribution < -0.4 is 5.32 Å². The highest BCUT2D eigenvalue weighted by molar-refractivity contribution is 9.10. The van der Waals surface area contributed by atoms with Crippen molar-refractivity contribution in [3.05, 3.63) is 28.2 Å². The number of halogens is 1. The van der Waals surface area contributed by atoms with E-state index < -0.39 is 0 Å². The summed E-state index contributed by atoms with van der Waals surface area (Å²) in [6.07, 6.45) is 6.76. The van der Waals surface area contributed by atoms with E-state index in [0.29, 0.717) is 6.04 Å². The third-order valence-corrected chi connectivity index (χ3v) is 5.13. The van der Waals surface area contributed by atoms with Crippen LogP contribution in [0.3, 0.4) is 0 Å². The van der Waals surface area contributed by atoms with Crippen LogP contribution in [0.15, 0.2) is 22.7 Å². The van der Waals surface area contributed by atoms with Crippen LogP contribution in [0.1, 0.15) is 51.5 Å². The van der Waals surface area contributed by atoms with Gasteiger partial charge in [-0.25, -0.2) is 0 Å². The van der Waals surface area contributed by atoms with Gasteiger partial charge < -0.3 is 5.32 Å². The molecule has 2 heteroatoms. The topological polar surface area (TPSA) is 12.0 Å². The van der Waals surface area contributed by atoms with E-state index in [-0.39, 0.29) is 0 Å². The Morgan fingerprint density at radius 3 is 2.68 bits per heavy atom. The maximum atomic E-state index is 3.74.